The Morgan fingerprint density at radius 1 is 1.64 bits per heavy atom. The Morgan fingerprint density at radius 2 is 2.36 bits per heavy atom. The van der Waals surface area contributed by atoms with Crippen LogP contribution in [0.2, 0.25) is 0 Å². The average molecular weight is 170 g/mol. The van der Waals surface area contributed by atoms with Crippen molar-refractivity contribution in [2.24, 2.45) is 0 Å². The van der Waals surface area contributed by atoms with Gasteiger partial charge in [-0.15, -0.1) is 11.3 Å². The zero-order valence-electron chi connectivity index (χ0n) is 7.00. The van der Waals surface area contributed by atoms with Crippen LogP contribution in [0.25, 0.3) is 0 Å². The van der Waals surface area contributed by atoms with Crippen LogP contribution in [0.4, 0.5) is 0 Å². The molecule has 0 unspecified atom stereocenters. The highest BCUT2D eigenvalue weighted by Gasteiger charge is 2.06. The third kappa shape index (κ3) is 2.31. The molecule has 1 heterocycles. The first-order chi connectivity index (χ1) is 5.24. The van der Waals surface area contributed by atoms with Crippen LogP contribution in [-0.4, -0.2) is 5.11 Å². The lowest BCUT2D eigenvalue weighted by Crippen LogP contribution is -1.93. The van der Waals surface area contributed by atoms with Gasteiger partial charge < -0.3 is 5.11 Å². The van der Waals surface area contributed by atoms with E-state index in [0.717, 1.165) is 18.4 Å². The molecule has 1 atom stereocenters. The molecule has 1 aromatic rings. The van der Waals surface area contributed by atoms with Crippen molar-refractivity contribution < 1.29 is 5.11 Å². The summed E-state index contributed by atoms with van der Waals surface area (Å²) in [6.07, 6.45) is 1.66. The summed E-state index contributed by atoms with van der Waals surface area (Å²) in [6.45, 7) is 4.15. The van der Waals surface area contributed by atoms with Crippen LogP contribution < -0.4 is 0 Å². The van der Waals surface area contributed by atoms with E-state index in [1.807, 2.05) is 5.38 Å². The molecule has 0 aliphatic rings. The van der Waals surface area contributed by atoms with Gasteiger partial charge in [0.15, 0.2) is 0 Å². The van der Waals surface area contributed by atoms with Crippen molar-refractivity contribution in [1.29, 1.82) is 0 Å². The van der Waals surface area contributed by atoms with Gasteiger partial charge in [-0.1, -0.05) is 13.3 Å². The minimum absolute atomic E-state index is 0.245. The van der Waals surface area contributed by atoms with E-state index in [1.165, 1.54) is 4.88 Å². The summed E-state index contributed by atoms with van der Waals surface area (Å²) in [5.74, 6) is 0. The molecule has 1 rings (SSSR count). The summed E-state index contributed by atoms with van der Waals surface area (Å²) in [7, 11) is 0. The largest absolute Gasteiger partial charge is 0.388 e. The fourth-order valence-electron chi connectivity index (χ4n) is 1.08. The molecule has 62 valence electrons. The van der Waals surface area contributed by atoms with Crippen molar-refractivity contribution in [1.82, 2.24) is 0 Å². The van der Waals surface area contributed by atoms with E-state index in [9.17, 15) is 5.11 Å². The van der Waals surface area contributed by atoms with Gasteiger partial charge in [-0.3, -0.25) is 0 Å². The summed E-state index contributed by atoms with van der Waals surface area (Å²) < 4.78 is 0. The maximum atomic E-state index is 9.54. The van der Waals surface area contributed by atoms with Gasteiger partial charge in [-0.2, -0.15) is 0 Å². The number of hydrogen-bond acceptors (Lipinski definition) is 2. The number of aliphatic hydroxyl groups is 1. The average Bonchev–Trinajstić information content (AvgIpc) is 2.36. The minimum Gasteiger partial charge on any atom is -0.388 e. The minimum atomic E-state index is -0.245. The second kappa shape index (κ2) is 3.88. The van der Waals surface area contributed by atoms with Gasteiger partial charge in [-0.25, -0.2) is 0 Å². The number of aryl methyl sites for hydroxylation is 1. The Kier molecular flexibility index (Phi) is 3.09. The third-order valence-corrected chi connectivity index (χ3v) is 2.58. The van der Waals surface area contributed by atoms with E-state index in [4.69, 9.17) is 0 Å². The van der Waals surface area contributed by atoms with Gasteiger partial charge in [-0.05, 0) is 30.4 Å². The van der Waals surface area contributed by atoms with Crippen molar-refractivity contribution >= 4 is 11.3 Å². The SMILES string of the molecule is CCC[C@H](O)c1csc(C)c1. The van der Waals surface area contributed by atoms with E-state index in [2.05, 4.69) is 19.9 Å². The molecule has 0 saturated carbocycles. The van der Waals surface area contributed by atoms with Crippen LogP contribution in [0.3, 0.4) is 0 Å². The number of aliphatic hydroxyl groups excluding tert-OH is 1. The Labute approximate surface area is 71.7 Å². The fourth-order valence-corrected chi connectivity index (χ4v) is 1.83. The molecule has 0 aliphatic carbocycles. The highest BCUT2D eigenvalue weighted by atomic mass is 32.1. The summed E-state index contributed by atoms with van der Waals surface area (Å²) in [5.41, 5.74) is 1.08. The second-order valence-electron chi connectivity index (χ2n) is 2.80. The first kappa shape index (κ1) is 8.75. The molecular formula is C9H14OS. The standard InChI is InChI=1S/C9H14OS/c1-3-4-9(10)8-5-7(2)11-6-8/h5-6,9-10H,3-4H2,1-2H3/t9-/m0/s1. The van der Waals surface area contributed by atoms with E-state index < -0.39 is 0 Å². The number of hydrogen-bond donors (Lipinski definition) is 1. The molecule has 0 amide bonds. The maximum absolute atomic E-state index is 9.54. The molecule has 1 aromatic heterocycles. The lowest BCUT2D eigenvalue weighted by Gasteiger charge is -2.05. The van der Waals surface area contributed by atoms with E-state index in [1.54, 1.807) is 11.3 Å². The van der Waals surface area contributed by atoms with Crippen molar-refractivity contribution in [3.8, 4) is 0 Å². The molecule has 1 N–H and O–H groups in total. The van der Waals surface area contributed by atoms with E-state index in [0.29, 0.717) is 0 Å². The zero-order chi connectivity index (χ0) is 8.27. The van der Waals surface area contributed by atoms with Gasteiger partial charge in [0, 0.05) is 4.88 Å². The van der Waals surface area contributed by atoms with Gasteiger partial charge >= 0.3 is 0 Å². The predicted molar refractivity (Wildman–Crippen MR) is 48.9 cm³/mol. The highest BCUT2D eigenvalue weighted by Crippen LogP contribution is 2.23. The van der Waals surface area contributed by atoms with E-state index >= 15 is 0 Å². The second-order valence-corrected chi connectivity index (χ2v) is 3.91. The topological polar surface area (TPSA) is 20.2 Å². The molecule has 0 spiro atoms. The molecule has 11 heavy (non-hydrogen) atoms. The Morgan fingerprint density at radius 3 is 2.82 bits per heavy atom. The molecule has 1 nitrogen and oxygen atoms in total. The predicted octanol–water partition coefficient (Wildman–Crippen LogP) is 2.89. The lowest BCUT2D eigenvalue weighted by atomic mass is 10.1. The van der Waals surface area contributed by atoms with Crippen LogP contribution in [0.15, 0.2) is 11.4 Å². The van der Waals surface area contributed by atoms with Gasteiger partial charge in [0.2, 0.25) is 0 Å². The highest BCUT2D eigenvalue weighted by molar-refractivity contribution is 7.10. The molecule has 0 radical (unpaired) electrons. The molecule has 0 bridgehead atoms. The van der Waals surface area contributed by atoms with Crippen molar-refractivity contribution in [2.75, 3.05) is 0 Å². The summed E-state index contributed by atoms with van der Waals surface area (Å²) in [4.78, 5) is 1.27. The first-order valence-corrected chi connectivity index (χ1v) is 4.85. The summed E-state index contributed by atoms with van der Waals surface area (Å²) in [6, 6.07) is 2.06. The Balaban J connectivity index is 2.60. The van der Waals surface area contributed by atoms with Crippen LogP contribution >= 0.6 is 11.3 Å². The third-order valence-electron chi connectivity index (χ3n) is 1.70. The Bertz CT molecular complexity index is 217. The molecule has 0 aliphatic heterocycles. The van der Waals surface area contributed by atoms with Crippen LogP contribution in [0, 0.1) is 6.92 Å². The van der Waals surface area contributed by atoms with Crippen LogP contribution in [0.1, 0.15) is 36.3 Å². The van der Waals surface area contributed by atoms with Crippen molar-refractivity contribution in [3.05, 3.63) is 21.9 Å². The quantitative estimate of drug-likeness (QED) is 0.739. The summed E-state index contributed by atoms with van der Waals surface area (Å²) in [5, 5.41) is 11.6. The Hall–Kier alpha value is -0.340. The first-order valence-electron chi connectivity index (χ1n) is 3.97. The van der Waals surface area contributed by atoms with Crippen LogP contribution in [0.5, 0.6) is 0 Å². The van der Waals surface area contributed by atoms with Crippen LogP contribution in [-0.2, 0) is 0 Å². The number of rotatable bonds is 3. The molecule has 0 aromatic carbocycles. The zero-order valence-corrected chi connectivity index (χ0v) is 7.82. The van der Waals surface area contributed by atoms with Gasteiger partial charge in [0.05, 0.1) is 6.10 Å². The van der Waals surface area contributed by atoms with Crippen molar-refractivity contribution in [2.45, 2.75) is 32.8 Å². The van der Waals surface area contributed by atoms with Gasteiger partial charge in [0.25, 0.3) is 0 Å². The lowest BCUT2D eigenvalue weighted by molar-refractivity contribution is 0.167. The van der Waals surface area contributed by atoms with Gasteiger partial charge in [0.1, 0.15) is 0 Å². The smallest absolute Gasteiger partial charge is 0.0798 e. The summed E-state index contributed by atoms with van der Waals surface area (Å²) >= 11 is 1.70. The molecule has 0 saturated heterocycles. The van der Waals surface area contributed by atoms with Crippen molar-refractivity contribution in [3.63, 3.8) is 0 Å². The molecule has 0 fully saturated rings. The monoisotopic (exact) mass is 170 g/mol. The molecule has 2 heteroatoms. The molecular weight excluding hydrogens is 156 g/mol. The van der Waals surface area contributed by atoms with E-state index in [-0.39, 0.29) is 6.10 Å². The number of thiophene rings is 1. The maximum Gasteiger partial charge on any atom is 0.0798 e. The normalized spacial score (nSPS) is 13.4. The fraction of sp³-hybridized carbons (Fsp3) is 0.556.